The van der Waals surface area contributed by atoms with Crippen molar-refractivity contribution in [2.45, 2.75) is 188 Å². The van der Waals surface area contributed by atoms with Crippen molar-refractivity contribution in [3.8, 4) is 0 Å². The first-order valence-corrected chi connectivity index (χ1v) is 17.2. The molecule has 0 radical (unpaired) electrons. The molecule has 228 valence electrons. The molecule has 1 aliphatic carbocycles. The molecule has 3 nitrogen and oxygen atoms in total. The molecule has 0 aromatic carbocycles. The number of unbranched alkanes of at least 4 members (excludes halogenated alkanes) is 11. The fourth-order valence-electron chi connectivity index (χ4n) is 7.58. The smallest absolute Gasteiger partial charge is 0.170 e. The van der Waals surface area contributed by atoms with E-state index in [0.29, 0.717) is 11.8 Å². The zero-order valence-corrected chi connectivity index (χ0v) is 27.3. The summed E-state index contributed by atoms with van der Waals surface area (Å²) >= 11 is 0. The van der Waals surface area contributed by atoms with Crippen LogP contribution in [-0.4, -0.2) is 32.6 Å². The highest BCUT2D eigenvalue weighted by Crippen LogP contribution is 2.53. The van der Waals surface area contributed by atoms with Gasteiger partial charge in [0.1, 0.15) is 0 Å². The summed E-state index contributed by atoms with van der Waals surface area (Å²) in [6.45, 7) is 12.9. The van der Waals surface area contributed by atoms with Crippen LogP contribution < -0.4 is 5.32 Å². The first kappa shape index (κ1) is 35.9. The highest BCUT2D eigenvalue weighted by Gasteiger charge is 2.53. The van der Waals surface area contributed by atoms with Gasteiger partial charge in [-0.2, -0.15) is 0 Å². The van der Waals surface area contributed by atoms with Crippen LogP contribution in [0.4, 0.5) is 0 Å². The molecule has 3 heteroatoms. The van der Waals surface area contributed by atoms with Gasteiger partial charge in [-0.3, -0.25) is 0 Å². The standard InChI is InChI=1S/C35H71NO2/c1-8-10-12-14-15-16-18-23-28-35(34(5,37-6)38-7,29-24-30-36-32-25-20-19-21-26-32)33(31(3)4)27-22-17-13-11-9-2/h31-33,36H,8-30H2,1-7H3. The Morgan fingerprint density at radius 3 is 1.71 bits per heavy atom. The minimum absolute atomic E-state index is 0.0475. The number of hydrogen-bond donors (Lipinski definition) is 1. The van der Waals surface area contributed by atoms with E-state index in [-0.39, 0.29) is 5.41 Å². The van der Waals surface area contributed by atoms with Crippen LogP contribution >= 0.6 is 0 Å². The lowest BCUT2D eigenvalue weighted by Crippen LogP contribution is -2.55. The lowest BCUT2D eigenvalue weighted by molar-refractivity contribution is -0.289. The van der Waals surface area contributed by atoms with Crippen molar-refractivity contribution < 1.29 is 9.47 Å². The third-order valence-electron chi connectivity index (χ3n) is 10.1. The quantitative estimate of drug-likeness (QED) is 0.0927. The lowest BCUT2D eigenvalue weighted by atomic mass is 9.59. The summed E-state index contributed by atoms with van der Waals surface area (Å²) in [5, 5.41) is 3.94. The molecule has 0 bridgehead atoms. The Labute approximate surface area is 240 Å². The summed E-state index contributed by atoms with van der Waals surface area (Å²) in [4.78, 5) is 0. The molecule has 0 aromatic heterocycles. The minimum atomic E-state index is -0.544. The number of rotatable bonds is 25. The number of nitrogens with one attached hydrogen (secondary N) is 1. The van der Waals surface area contributed by atoms with E-state index in [2.05, 4.69) is 39.9 Å². The fraction of sp³-hybridized carbons (Fsp3) is 1.00. The van der Waals surface area contributed by atoms with Crippen LogP contribution in [0.3, 0.4) is 0 Å². The SMILES string of the molecule is CCCCCCCCCCC(CCCNC1CCCCC1)(C(CCCCCCC)C(C)C)C(C)(OC)OC. The van der Waals surface area contributed by atoms with Gasteiger partial charge in [-0.25, -0.2) is 0 Å². The Bertz CT molecular complexity index is 526. The van der Waals surface area contributed by atoms with E-state index >= 15 is 0 Å². The summed E-state index contributed by atoms with van der Waals surface area (Å²) < 4.78 is 12.7. The van der Waals surface area contributed by atoms with Crippen LogP contribution in [0.15, 0.2) is 0 Å². The van der Waals surface area contributed by atoms with Crippen LogP contribution in [-0.2, 0) is 9.47 Å². The Kier molecular flexibility index (Phi) is 20.4. The molecule has 0 amide bonds. The normalized spacial score (nSPS) is 17.7. The number of hydrogen-bond acceptors (Lipinski definition) is 3. The Hall–Kier alpha value is -0.120. The summed E-state index contributed by atoms with van der Waals surface area (Å²) in [5.41, 5.74) is 0.0475. The largest absolute Gasteiger partial charge is 0.353 e. The molecule has 1 fully saturated rings. The van der Waals surface area contributed by atoms with Crippen molar-refractivity contribution in [3.63, 3.8) is 0 Å². The van der Waals surface area contributed by atoms with Gasteiger partial charge in [0, 0.05) is 25.7 Å². The zero-order valence-electron chi connectivity index (χ0n) is 27.3. The van der Waals surface area contributed by atoms with Gasteiger partial charge in [0.05, 0.1) is 0 Å². The molecule has 38 heavy (non-hydrogen) atoms. The van der Waals surface area contributed by atoms with Gasteiger partial charge < -0.3 is 14.8 Å². The van der Waals surface area contributed by atoms with E-state index < -0.39 is 5.79 Å². The molecule has 1 rings (SSSR count). The second-order valence-corrected chi connectivity index (χ2v) is 13.2. The highest BCUT2D eigenvalue weighted by molar-refractivity contribution is 4.98. The van der Waals surface area contributed by atoms with E-state index in [4.69, 9.17) is 9.47 Å². The van der Waals surface area contributed by atoms with Crippen LogP contribution in [0.5, 0.6) is 0 Å². The van der Waals surface area contributed by atoms with Gasteiger partial charge in [0.15, 0.2) is 5.79 Å². The van der Waals surface area contributed by atoms with Gasteiger partial charge >= 0.3 is 0 Å². The maximum Gasteiger partial charge on any atom is 0.170 e. The molecule has 1 aliphatic rings. The second-order valence-electron chi connectivity index (χ2n) is 13.2. The predicted molar refractivity (Wildman–Crippen MR) is 168 cm³/mol. The van der Waals surface area contributed by atoms with Crippen LogP contribution in [0, 0.1) is 17.3 Å². The summed E-state index contributed by atoms with van der Waals surface area (Å²) in [7, 11) is 3.79. The van der Waals surface area contributed by atoms with Crippen LogP contribution in [0.1, 0.15) is 176 Å². The first-order chi connectivity index (χ1) is 18.4. The van der Waals surface area contributed by atoms with Crippen molar-refractivity contribution in [2.24, 2.45) is 17.3 Å². The van der Waals surface area contributed by atoms with Gasteiger partial charge in [0.25, 0.3) is 0 Å². The Morgan fingerprint density at radius 1 is 0.684 bits per heavy atom. The summed E-state index contributed by atoms with van der Waals surface area (Å²) in [5.74, 6) is 0.705. The molecule has 1 saturated carbocycles. The molecule has 0 heterocycles. The maximum absolute atomic E-state index is 6.36. The fourth-order valence-corrected chi connectivity index (χ4v) is 7.58. The van der Waals surface area contributed by atoms with Crippen molar-refractivity contribution in [3.05, 3.63) is 0 Å². The van der Waals surface area contributed by atoms with Crippen molar-refractivity contribution in [1.29, 1.82) is 0 Å². The van der Waals surface area contributed by atoms with Gasteiger partial charge in [0.2, 0.25) is 0 Å². The van der Waals surface area contributed by atoms with E-state index in [0.717, 1.165) is 12.6 Å². The van der Waals surface area contributed by atoms with Crippen molar-refractivity contribution in [2.75, 3.05) is 20.8 Å². The predicted octanol–water partition coefficient (Wildman–Crippen LogP) is 10.8. The molecule has 0 aromatic rings. The average molecular weight is 538 g/mol. The Balaban J connectivity index is 3.00. The van der Waals surface area contributed by atoms with Crippen LogP contribution in [0.25, 0.3) is 0 Å². The average Bonchev–Trinajstić information content (AvgIpc) is 2.93. The Morgan fingerprint density at radius 2 is 1.18 bits per heavy atom. The monoisotopic (exact) mass is 538 g/mol. The highest BCUT2D eigenvalue weighted by atomic mass is 16.7. The second kappa shape index (κ2) is 21.6. The zero-order chi connectivity index (χ0) is 28.1. The van der Waals surface area contributed by atoms with Gasteiger partial charge in [-0.15, -0.1) is 0 Å². The molecule has 0 aliphatic heterocycles. The van der Waals surface area contributed by atoms with E-state index in [9.17, 15) is 0 Å². The van der Waals surface area contributed by atoms with Crippen LogP contribution in [0.2, 0.25) is 0 Å². The van der Waals surface area contributed by atoms with Gasteiger partial charge in [-0.05, 0) is 63.8 Å². The number of ether oxygens (including phenoxy) is 2. The molecular formula is C35H71NO2. The van der Waals surface area contributed by atoms with Crippen molar-refractivity contribution >= 4 is 0 Å². The van der Waals surface area contributed by atoms with E-state index in [1.54, 1.807) is 0 Å². The number of methoxy groups -OCH3 is 2. The summed E-state index contributed by atoms with van der Waals surface area (Å²) in [6, 6.07) is 0.738. The first-order valence-electron chi connectivity index (χ1n) is 17.2. The molecule has 2 atom stereocenters. The van der Waals surface area contributed by atoms with Crippen molar-refractivity contribution in [1.82, 2.24) is 5.32 Å². The molecule has 0 spiro atoms. The minimum Gasteiger partial charge on any atom is -0.353 e. The molecule has 2 unspecified atom stereocenters. The topological polar surface area (TPSA) is 30.5 Å². The third kappa shape index (κ3) is 12.6. The third-order valence-corrected chi connectivity index (χ3v) is 10.1. The van der Waals surface area contributed by atoms with E-state index in [1.165, 1.54) is 141 Å². The van der Waals surface area contributed by atoms with E-state index in [1.807, 2.05) is 14.2 Å². The van der Waals surface area contributed by atoms with Gasteiger partial charge in [-0.1, -0.05) is 130 Å². The lowest BCUT2D eigenvalue weighted by Gasteiger charge is -2.53. The molecule has 1 N–H and O–H groups in total. The summed E-state index contributed by atoms with van der Waals surface area (Å²) in [6.07, 6.45) is 29.6. The maximum atomic E-state index is 6.36. The molecular weight excluding hydrogens is 466 g/mol. The molecule has 0 saturated heterocycles.